The summed E-state index contributed by atoms with van der Waals surface area (Å²) in [7, 11) is 5.16. The van der Waals surface area contributed by atoms with Crippen LogP contribution in [0.1, 0.15) is 32.1 Å². The molecule has 0 aromatic carbocycles. The van der Waals surface area contributed by atoms with Crippen LogP contribution >= 0.6 is 0 Å². The first kappa shape index (κ1) is 11.2. The Hall–Kier alpha value is 0.0969. The summed E-state index contributed by atoms with van der Waals surface area (Å²) in [6.45, 7) is 0. The van der Waals surface area contributed by atoms with E-state index in [0.29, 0.717) is 11.7 Å². The quantitative estimate of drug-likeness (QED) is 0.417. The fourth-order valence-electron chi connectivity index (χ4n) is 2.56. The van der Waals surface area contributed by atoms with Gasteiger partial charge in [0, 0.05) is 5.54 Å². The summed E-state index contributed by atoms with van der Waals surface area (Å²) in [4.78, 5) is 3.63. The third-order valence-corrected chi connectivity index (χ3v) is 4.37. The number of likely N-dealkylation sites (N-methyl/N-ethyl adjacent to an activating group) is 2. The first-order chi connectivity index (χ1) is 6.29. The highest BCUT2D eigenvalue weighted by atomic mass is 28.2. The molecule has 0 radical (unpaired) electrons. The zero-order valence-electron chi connectivity index (χ0n) is 9.11. The third-order valence-electron chi connectivity index (χ3n) is 3.37. The van der Waals surface area contributed by atoms with E-state index in [4.69, 9.17) is 0 Å². The highest BCUT2D eigenvalue weighted by Crippen LogP contribution is 2.29. The van der Waals surface area contributed by atoms with Gasteiger partial charge in [-0.3, -0.25) is 0 Å². The highest BCUT2D eigenvalue weighted by molar-refractivity contribution is 6.05. The van der Waals surface area contributed by atoms with Gasteiger partial charge in [0.15, 0.2) is 0 Å². The van der Waals surface area contributed by atoms with Crippen molar-refractivity contribution >= 4 is 10.4 Å². The molecule has 0 aromatic heterocycles. The molecule has 0 amide bonds. The van der Waals surface area contributed by atoms with Gasteiger partial charge in [-0.1, -0.05) is 19.3 Å². The van der Waals surface area contributed by atoms with Crippen molar-refractivity contribution in [3.8, 4) is 0 Å². The van der Waals surface area contributed by atoms with E-state index >= 15 is 0 Å². The Bertz CT molecular complexity index is 142. The van der Waals surface area contributed by atoms with Crippen molar-refractivity contribution in [3.05, 3.63) is 0 Å². The Kier molecular flexibility index (Phi) is 4.38. The molecule has 0 atom stereocenters. The lowest BCUT2D eigenvalue weighted by Crippen LogP contribution is -2.64. The Balaban J connectivity index is 2.64. The first-order valence-electron chi connectivity index (χ1n) is 5.32. The SMILES string of the molecule is CNC(NC)C1(N[SiH3])CCCCC1. The minimum Gasteiger partial charge on any atom is -0.338 e. The molecule has 0 aliphatic heterocycles. The molecule has 1 fully saturated rings. The van der Waals surface area contributed by atoms with E-state index in [1.807, 2.05) is 14.1 Å². The summed E-state index contributed by atoms with van der Waals surface area (Å²) in [5.74, 6) is 0. The second-order valence-corrected chi connectivity index (χ2v) is 4.48. The van der Waals surface area contributed by atoms with E-state index < -0.39 is 0 Å². The van der Waals surface area contributed by atoms with Crippen LogP contribution in [0.25, 0.3) is 0 Å². The van der Waals surface area contributed by atoms with Crippen LogP contribution in [0.15, 0.2) is 0 Å². The van der Waals surface area contributed by atoms with Gasteiger partial charge in [-0.2, -0.15) is 0 Å². The van der Waals surface area contributed by atoms with Gasteiger partial charge in [0.25, 0.3) is 0 Å². The minimum absolute atomic E-state index is 0.327. The number of hydrogen-bond donors (Lipinski definition) is 3. The maximum Gasteiger partial charge on any atom is 0.0757 e. The van der Waals surface area contributed by atoms with Crippen molar-refractivity contribution in [2.24, 2.45) is 0 Å². The van der Waals surface area contributed by atoms with E-state index in [1.165, 1.54) is 32.1 Å². The molecule has 4 heteroatoms. The smallest absolute Gasteiger partial charge is 0.0757 e. The van der Waals surface area contributed by atoms with Crippen LogP contribution in [0.5, 0.6) is 0 Å². The third kappa shape index (κ3) is 2.31. The Morgan fingerprint density at radius 2 is 1.62 bits per heavy atom. The molecule has 78 valence electrons. The zero-order valence-corrected chi connectivity index (χ0v) is 11.1. The molecule has 0 unspecified atom stereocenters. The zero-order chi connectivity index (χ0) is 9.73. The number of hydrogen-bond acceptors (Lipinski definition) is 3. The van der Waals surface area contributed by atoms with E-state index in [0.717, 1.165) is 10.4 Å². The van der Waals surface area contributed by atoms with Gasteiger partial charge in [0.1, 0.15) is 0 Å². The fraction of sp³-hybridized carbons (Fsp3) is 1.00. The lowest BCUT2D eigenvalue weighted by Gasteiger charge is -2.43. The van der Waals surface area contributed by atoms with E-state index in [1.54, 1.807) is 0 Å². The van der Waals surface area contributed by atoms with Gasteiger partial charge in [-0.05, 0) is 26.9 Å². The second-order valence-electron chi connectivity index (χ2n) is 3.98. The van der Waals surface area contributed by atoms with Gasteiger partial charge < -0.3 is 15.6 Å². The Labute approximate surface area is 84.6 Å². The largest absolute Gasteiger partial charge is 0.338 e. The average molecular weight is 201 g/mol. The van der Waals surface area contributed by atoms with Crippen LogP contribution in [-0.2, 0) is 0 Å². The van der Waals surface area contributed by atoms with Crippen molar-refractivity contribution in [1.29, 1.82) is 0 Å². The summed E-state index contributed by atoms with van der Waals surface area (Å²) >= 11 is 0. The van der Waals surface area contributed by atoms with Gasteiger partial charge in [0.05, 0.1) is 16.6 Å². The maximum atomic E-state index is 3.63. The molecule has 0 saturated heterocycles. The lowest BCUT2D eigenvalue weighted by atomic mass is 9.80. The van der Waals surface area contributed by atoms with Crippen molar-refractivity contribution in [3.63, 3.8) is 0 Å². The Morgan fingerprint density at radius 1 is 1.08 bits per heavy atom. The van der Waals surface area contributed by atoms with Crippen LogP contribution < -0.4 is 15.6 Å². The first-order valence-corrected chi connectivity index (χ1v) is 6.32. The molecule has 1 aliphatic carbocycles. The second kappa shape index (κ2) is 5.10. The van der Waals surface area contributed by atoms with Gasteiger partial charge in [-0.25, -0.2) is 0 Å². The van der Waals surface area contributed by atoms with E-state index in [9.17, 15) is 0 Å². The predicted molar refractivity (Wildman–Crippen MR) is 60.8 cm³/mol. The summed E-state index contributed by atoms with van der Waals surface area (Å²) < 4.78 is 0. The van der Waals surface area contributed by atoms with Crippen LogP contribution in [-0.4, -0.2) is 36.2 Å². The summed E-state index contributed by atoms with van der Waals surface area (Å²) in [6, 6.07) is 0. The van der Waals surface area contributed by atoms with Crippen molar-refractivity contribution in [2.45, 2.75) is 43.8 Å². The molecule has 1 aliphatic rings. The minimum atomic E-state index is 0.327. The number of rotatable bonds is 4. The predicted octanol–water partition coefficient (Wildman–Crippen LogP) is -0.676. The monoisotopic (exact) mass is 201 g/mol. The summed E-state index contributed by atoms with van der Waals surface area (Å²) in [5.41, 5.74) is 0.327. The average Bonchev–Trinajstić information content (AvgIpc) is 2.21. The topological polar surface area (TPSA) is 36.1 Å². The Morgan fingerprint density at radius 3 is 2.00 bits per heavy atom. The molecule has 3 nitrogen and oxygen atoms in total. The molecule has 0 heterocycles. The highest BCUT2D eigenvalue weighted by Gasteiger charge is 2.36. The van der Waals surface area contributed by atoms with Crippen LogP contribution in [0, 0.1) is 0 Å². The molecule has 1 rings (SSSR count). The van der Waals surface area contributed by atoms with Gasteiger partial charge in [0.2, 0.25) is 0 Å². The molecule has 13 heavy (non-hydrogen) atoms. The fourth-order valence-corrected chi connectivity index (χ4v) is 3.35. The van der Waals surface area contributed by atoms with E-state index in [-0.39, 0.29) is 0 Å². The molecule has 0 aromatic rings. The van der Waals surface area contributed by atoms with Crippen LogP contribution in [0.4, 0.5) is 0 Å². The molecular weight excluding hydrogens is 178 g/mol. The van der Waals surface area contributed by atoms with Gasteiger partial charge >= 0.3 is 0 Å². The molecular formula is C9H23N3Si. The normalized spacial score (nSPS) is 22.4. The number of nitrogens with one attached hydrogen (secondary N) is 3. The van der Waals surface area contributed by atoms with Crippen LogP contribution in [0.2, 0.25) is 0 Å². The summed E-state index contributed by atoms with van der Waals surface area (Å²) in [6.07, 6.45) is 7.19. The van der Waals surface area contributed by atoms with Gasteiger partial charge in [-0.15, -0.1) is 0 Å². The summed E-state index contributed by atoms with van der Waals surface area (Å²) in [5, 5.41) is 6.72. The maximum absolute atomic E-state index is 3.63. The van der Waals surface area contributed by atoms with Crippen LogP contribution in [0.3, 0.4) is 0 Å². The van der Waals surface area contributed by atoms with Crippen molar-refractivity contribution < 1.29 is 0 Å². The van der Waals surface area contributed by atoms with Crippen molar-refractivity contribution in [1.82, 2.24) is 15.6 Å². The standard InChI is InChI=1S/C9H23N3Si/c1-10-8(11-2)9(12-13)6-4-3-5-7-9/h8,10-12H,3-7H2,1-2,13H3. The lowest BCUT2D eigenvalue weighted by molar-refractivity contribution is 0.185. The van der Waals surface area contributed by atoms with E-state index in [2.05, 4.69) is 15.6 Å². The molecule has 0 spiro atoms. The molecule has 0 bridgehead atoms. The molecule has 3 N–H and O–H groups in total. The van der Waals surface area contributed by atoms with Crippen molar-refractivity contribution in [2.75, 3.05) is 14.1 Å². The molecule has 1 saturated carbocycles.